The van der Waals surface area contributed by atoms with E-state index in [1.807, 2.05) is 0 Å². The van der Waals surface area contributed by atoms with Gasteiger partial charge in [0.05, 0.1) is 11.1 Å². The molecule has 0 aliphatic carbocycles. The van der Waals surface area contributed by atoms with Gasteiger partial charge in [0, 0.05) is 18.0 Å². The lowest BCUT2D eigenvalue weighted by Gasteiger charge is -2.20. The minimum absolute atomic E-state index is 0.273. The topological polar surface area (TPSA) is 33.1 Å². The van der Waals surface area contributed by atoms with E-state index < -0.39 is 6.10 Å². The number of halogens is 1. The van der Waals surface area contributed by atoms with E-state index in [-0.39, 0.29) is 5.92 Å². The Balaban J connectivity index is 2.88. The summed E-state index contributed by atoms with van der Waals surface area (Å²) in [6.07, 6.45) is 4.67. The molecule has 1 aromatic rings. The Hall–Kier alpha value is -0.600. The molecule has 78 valence electrons. The van der Waals surface area contributed by atoms with Crippen LogP contribution < -0.4 is 0 Å². The van der Waals surface area contributed by atoms with E-state index >= 15 is 0 Å². The van der Waals surface area contributed by atoms with Gasteiger partial charge in [-0.3, -0.25) is 4.98 Å². The Bertz CT molecular complexity index is 286. The van der Waals surface area contributed by atoms with Gasteiger partial charge in [-0.05, 0) is 12.0 Å². The van der Waals surface area contributed by atoms with E-state index in [1.54, 1.807) is 18.5 Å². The molecule has 0 spiro atoms. The van der Waals surface area contributed by atoms with Crippen molar-refractivity contribution in [3.05, 3.63) is 29.0 Å². The van der Waals surface area contributed by atoms with Gasteiger partial charge in [0.1, 0.15) is 0 Å². The number of pyridine rings is 1. The molecule has 1 unspecified atom stereocenters. The summed E-state index contributed by atoms with van der Waals surface area (Å²) in [5.74, 6) is 0.273. The van der Waals surface area contributed by atoms with Crippen LogP contribution in [-0.4, -0.2) is 10.1 Å². The molecule has 1 heterocycles. The minimum atomic E-state index is -0.472. The number of aliphatic hydroxyl groups excluding tert-OH is 1. The van der Waals surface area contributed by atoms with Crippen molar-refractivity contribution in [2.45, 2.75) is 32.8 Å². The van der Waals surface area contributed by atoms with Crippen LogP contribution in [0.15, 0.2) is 18.5 Å². The van der Waals surface area contributed by atoms with Gasteiger partial charge in [0.2, 0.25) is 0 Å². The predicted molar refractivity (Wildman–Crippen MR) is 58.3 cm³/mol. The van der Waals surface area contributed by atoms with Crippen molar-refractivity contribution in [2.24, 2.45) is 5.92 Å². The SMILES string of the molecule is CCC(CC)C(O)c1ccncc1Cl. The molecule has 0 radical (unpaired) electrons. The minimum Gasteiger partial charge on any atom is -0.388 e. The monoisotopic (exact) mass is 213 g/mol. The zero-order chi connectivity index (χ0) is 10.6. The highest BCUT2D eigenvalue weighted by molar-refractivity contribution is 6.31. The first-order valence-corrected chi connectivity index (χ1v) is 5.35. The molecule has 1 atom stereocenters. The second kappa shape index (κ2) is 5.32. The van der Waals surface area contributed by atoms with Crippen LogP contribution >= 0.6 is 11.6 Å². The highest BCUT2D eigenvalue weighted by atomic mass is 35.5. The molecule has 0 aromatic carbocycles. The molecular weight excluding hydrogens is 198 g/mol. The van der Waals surface area contributed by atoms with E-state index in [4.69, 9.17) is 11.6 Å². The summed E-state index contributed by atoms with van der Waals surface area (Å²) in [6, 6.07) is 1.78. The van der Waals surface area contributed by atoms with Gasteiger partial charge in [-0.1, -0.05) is 38.3 Å². The number of hydrogen-bond donors (Lipinski definition) is 1. The maximum atomic E-state index is 10.0. The third kappa shape index (κ3) is 2.46. The number of hydrogen-bond acceptors (Lipinski definition) is 2. The van der Waals surface area contributed by atoms with Crippen molar-refractivity contribution in [3.63, 3.8) is 0 Å². The van der Waals surface area contributed by atoms with Gasteiger partial charge in [-0.25, -0.2) is 0 Å². The fourth-order valence-corrected chi connectivity index (χ4v) is 1.85. The fraction of sp³-hybridized carbons (Fsp3) is 0.545. The van der Waals surface area contributed by atoms with Gasteiger partial charge >= 0.3 is 0 Å². The Labute approximate surface area is 89.9 Å². The maximum Gasteiger partial charge on any atom is 0.0833 e. The van der Waals surface area contributed by atoms with Crippen molar-refractivity contribution in [1.29, 1.82) is 0 Å². The summed E-state index contributed by atoms with van der Waals surface area (Å²) in [5, 5.41) is 10.6. The van der Waals surface area contributed by atoms with E-state index in [2.05, 4.69) is 18.8 Å². The Morgan fingerprint density at radius 3 is 2.57 bits per heavy atom. The Kier molecular flexibility index (Phi) is 4.36. The van der Waals surface area contributed by atoms with Crippen LogP contribution in [0.1, 0.15) is 38.4 Å². The molecular formula is C11H16ClNO. The van der Waals surface area contributed by atoms with Gasteiger partial charge in [0.15, 0.2) is 0 Å². The lowest BCUT2D eigenvalue weighted by molar-refractivity contribution is 0.103. The van der Waals surface area contributed by atoms with E-state index in [0.717, 1.165) is 18.4 Å². The average molecular weight is 214 g/mol. The average Bonchev–Trinajstić information content (AvgIpc) is 2.20. The van der Waals surface area contributed by atoms with Crippen LogP contribution in [0.2, 0.25) is 5.02 Å². The number of aliphatic hydroxyl groups is 1. The second-order valence-electron chi connectivity index (χ2n) is 3.42. The van der Waals surface area contributed by atoms with Crippen LogP contribution in [0.3, 0.4) is 0 Å². The summed E-state index contributed by atoms with van der Waals surface area (Å²) in [5.41, 5.74) is 0.787. The molecule has 0 saturated heterocycles. The number of rotatable bonds is 4. The molecule has 14 heavy (non-hydrogen) atoms. The molecule has 1 rings (SSSR count). The van der Waals surface area contributed by atoms with E-state index in [0.29, 0.717) is 5.02 Å². The smallest absolute Gasteiger partial charge is 0.0833 e. The van der Waals surface area contributed by atoms with Crippen molar-refractivity contribution in [2.75, 3.05) is 0 Å². The zero-order valence-corrected chi connectivity index (χ0v) is 9.33. The Morgan fingerprint density at radius 1 is 1.43 bits per heavy atom. The molecule has 3 heteroatoms. The van der Waals surface area contributed by atoms with E-state index in [1.165, 1.54) is 0 Å². The first-order chi connectivity index (χ1) is 6.70. The molecule has 0 saturated carbocycles. The predicted octanol–water partition coefficient (Wildman–Crippen LogP) is 3.20. The van der Waals surface area contributed by atoms with Crippen LogP contribution in [0.5, 0.6) is 0 Å². The number of nitrogens with zero attached hydrogens (tertiary/aromatic N) is 1. The van der Waals surface area contributed by atoms with Gasteiger partial charge < -0.3 is 5.11 Å². The molecule has 0 aliphatic heterocycles. The zero-order valence-electron chi connectivity index (χ0n) is 8.57. The second-order valence-corrected chi connectivity index (χ2v) is 3.83. The number of aromatic nitrogens is 1. The molecule has 0 bridgehead atoms. The van der Waals surface area contributed by atoms with Crippen LogP contribution in [0.25, 0.3) is 0 Å². The van der Waals surface area contributed by atoms with Crippen molar-refractivity contribution < 1.29 is 5.11 Å². The highest BCUT2D eigenvalue weighted by Gasteiger charge is 2.19. The van der Waals surface area contributed by atoms with Crippen molar-refractivity contribution >= 4 is 11.6 Å². The highest BCUT2D eigenvalue weighted by Crippen LogP contribution is 2.30. The largest absolute Gasteiger partial charge is 0.388 e. The van der Waals surface area contributed by atoms with Crippen molar-refractivity contribution in [3.8, 4) is 0 Å². The quantitative estimate of drug-likeness (QED) is 0.833. The maximum absolute atomic E-state index is 10.0. The summed E-state index contributed by atoms with van der Waals surface area (Å²) in [6.45, 7) is 4.15. The molecule has 0 amide bonds. The first kappa shape index (κ1) is 11.5. The summed E-state index contributed by atoms with van der Waals surface area (Å²) in [7, 11) is 0. The molecule has 0 aliphatic rings. The molecule has 0 fully saturated rings. The van der Waals surface area contributed by atoms with Crippen LogP contribution in [0, 0.1) is 5.92 Å². The molecule has 1 aromatic heterocycles. The lowest BCUT2D eigenvalue weighted by Crippen LogP contribution is -2.11. The fourth-order valence-electron chi connectivity index (χ4n) is 1.61. The summed E-state index contributed by atoms with van der Waals surface area (Å²) in [4.78, 5) is 3.90. The Morgan fingerprint density at radius 2 is 2.07 bits per heavy atom. The summed E-state index contributed by atoms with van der Waals surface area (Å²) >= 11 is 5.95. The van der Waals surface area contributed by atoms with Gasteiger partial charge in [-0.2, -0.15) is 0 Å². The van der Waals surface area contributed by atoms with Gasteiger partial charge in [-0.15, -0.1) is 0 Å². The third-order valence-corrected chi connectivity index (χ3v) is 2.93. The van der Waals surface area contributed by atoms with Crippen LogP contribution in [0.4, 0.5) is 0 Å². The standard InChI is InChI=1S/C11H16ClNO/c1-3-8(4-2)11(14)9-5-6-13-7-10(9)12/h5-8,11,14H,3-4H2,1-2H3. The molecule has 2 nitrogen and oxygen atoms in total. The molecule has 1 N–H and O–H groups in total. The van der Waals surface area contributed by atoms with Crippen LogP contribution in [-0.2, 0) is 0 Å². The third-order valence-electron chi connectivity index (χ3n) is 2.62. The van der Waals surface area contributed by atoms with Gasteiger partial charge in [0.25, 0.3) is 0 Å². The summed E-state index contributed by atoms with van der Waals surface area (Å²) < 4.78 is 0. The van der Waals surface area contributed by atoms with E-state index in [9.17, 15) is 5.11 Å². The van der Waals surface area contributed by atoms with Crippen molar-refractivity contribution in [1.82, 2.24) is 4.98 Å². The first-order valence-electron chi connectivity index (χ1n) is 4.98. The lowest BCUT2D eigenvalue weighted by atomic mass is 9.92. The normalized spacial score (nSPS) is 13.2.